The number of hydrogen-bond acceptors (Lipinski definition) is 5. The van der Waals surface area contributed by atoms with Crippen LogP contribution in [0.15, 0.2) is 0 Å². The van der Waals surface area contributed by atoms with E-state index >= 15 is 0 Å². The summed E-state index contributed by atoms with van der Waals surface area (Å²) in [5.41, 5.74) is 0. The lowest BCUT2D eigenvalue weighted by molar-refractivity contribution is -0.151. The van der Waals surface area contributed by atoms with E-state index in [0.29, 0.717) is 31.4 Å². The van der Waals surface area contributed by atoms with Crippen molar-refractivity contribution in [3.05, 3.63) is 0 Å². The second-order valence-electron chi connectivity index (χ2n) is 14.1. The lowest BCUT2D eigenvalue weighted by atomic mass is 9.96. The molecule has 1 rings (SSSR count). The number of piperidine rings is 1. The molecule has 0 amide bonds. The fraction of sp³-hybridized carbons (Fsp3) is 0.949. The van der Waals surface area contributed by atoms with Crippen molar-refractivity contribution in [2.45, 2.75) is 213 Å². The minimum atomic E-state index is -0.00509. The lowest BCUT2D eigenvalue weighted by Crippen LogP contribution is -2.38. The molecule has 3 unspecified atom stereocenters. The van der Waals surface area contributed by atoms with Gasteiger partial charge in [0.05, 0.1) is 13.0 Å². The van der Waals surface area contributed by atoms with Crippen LogP contribution in [-0.2, 0) is 19.1 Å². The van der Waals surface area contributed by atoms with Gasteiger partial charge >= 0.3 is 11.9 Å². The average Bonchev–Trinajstić information content (AvgIpc) is 3.01. The van der Waals surface area contributed by atoms with E-state index in [-0.39, 0.29) is 18.0 Å². The number of ether oxygens (including phenoxy) is 2. The third-order valence-corrected chi connectivity index (χ3v) is 9.82. The molecule has 3 atom stereocenters. The van der Waals surface area contributed by atoms with Crippen LogP contribution in [0.4, 0.5) is 0 Å². The molecule has 0 aromatic rings. The van der Waals surface area contributed by atoms with Crippen molar-refractivity contribution >= 4 is 11.9 Å². The first-order chi connectivity index (χ1) is 21.5. The summed E-state index contributed by atoms with van der Waals surface area (Å²) in [4.78, 5) is 27.5. The first kappa shape index (κ1) is 40.9. The molecular weight excluding hydrogens is 546 g/mol. The van der Waals surface area contributed by atoms with E-state index < -0.39 is 0 Å². The van der Waals surface area contributed by atoms with Crippen LogP contribution >= 0.6 is 0 Å². The fourth-order valence-electron chi connectivity index (χ4n) is 6.71. The molecule has 1 saturated heterocycles. The van der Waals surface area contributed by atoms with E-state index in [2.05, 4.69) is 32.7 Å². The summed E-state index contributed by atoms with van der Waals surface area (Å²) >= 11 is 0. The number of esters is 2. The van der Waals surface area contributed by atoms with Crippen LogP contribution in [-0.4, -0.2) is 49.2 Å². The third-order valence-electron chi connectivity index (χ3n) is 9.82. The maximum atomic E-state index is 12.9. The summed E-state index contributed by atoms with van der Waals surface area (Å²) < 4.78 is 11.8. The van der Waals surface area contributed by atoms with E-state index in [0.717, 1.165) is 45.1 Å². The van der Waals surface area contributed by atoms with E-state index in [1.807, 2.05) is 0 Å². The Labute approximate surface area is 274 Å². The molecule has 1 fully saturated rings. The van der Waals surface area contributed by atoms with Crippen LogP contribution in [0.2, 0.25) is 0 Å². The number of hydrogen-bond donors (Lipinski definition) is 0. The number of nitrogens with zero attached hydrogens (tertiary/aromatic N) is 1. The van der Waals surface area contributed by atoms with Gasteiger partial charge in [-0.15, -0.1) is 0 Å². The Balaban J connectivity index is 2.25. The first-order valence-corrected chi connectivity index (χ1v) is 19.5. The molecule has 5 heteroatoms. The van der Waals surface area contributed by atoms with Crippen molar-refractivity contribution in [3.63, 3.8) is 0 Å². The highest BCUT2D eigenvalue weighted by atomic mass is 16.5. The van der Waals surface area contributed by atoms with Gasteiger partial charge in [0, 0.05) is 12.5 Å². The van der Waals surface area contributed by atoms with Gasteiger partial charge in [-0.05, 0) is 77.3 Å². The zero-order valence-electron chi connectivity index (χ0n) is 30.0. The van der Waals surface area contributed by atoms with E-state index in [9.17, 15) is 9.59 Å². The van der Waals surface area contributed by atoms with Gasteiger partial charge in [-0.1, -0.05) is 130 Å². The smallest absolute Gasteiger partial charge is 0.307 e. The number of carbonyl (C=O) groups excluding carboxylic acids is 2. The summed E-state index contributed by atoms with van der Waals surface area (Å²) in [5.74, 6) is 0.546. The third kappa shape index (κ3) is 23.3. The van der Waals surface area contributed by atoms with Gasteiger partial charge in [-0.25, -0.2) is 0 Å². The Kier molecular flexibility index (Phi) is 27.3. The van der Waals surface area contributed by atoms with Crippen LogP contribution in [0, 0.1) is 5.92 Å². The van der Waals surface area contributed by atoms with Gasteiger partial charge in [0.1, 0.15) is 6.10 Å². The summed E-state index contributed by atoms with van der Waals surface area (Å²) in [6.45, 7) is 8.47. The quantitative estimate of drug-likeness (QED) is 0.0590. The molecule has 260 valence electrons. The Morgan fingerprint density at radius 2 is 1.16 bits per heavy atom. The highest BCUT2D eigenvalue weighted by molar-refractivity contribution is 5.70. The van der Waals surface area contributed by atoms with Gasteiger partial charge in [0.15, 0.2) is 0 Å². The summed E-state index contributed by atoms with van der Waals surface area (Å²) in [6.07, 6.45) is 32.5. The van der Waals surface area contributed by atoms with Gasteiger partial charge in [0.25, 0.3) is 0 Å². The Hall–Kier alpha value is -1.10. The molecule has 0 spiro atoms. The summed E-state index contributed by atoms with van der Waals surface area (Å²) in [5, 5.41) is 0. The summed E-state index contributed by atoms with van der Waals surface area (Å²) in [6, 6.07) is 0.353. The fourth-order valence-corrected chi connectivity index (χ4v) is 6.71. The SMILES string of the molecule is CCCCCCCCCC(CCCCCCCCC(=O)OCC(CCCC)CCCCCC)OC(=O)CC1CCCCN1C. The first-order valence-electron chi connectivity index (χ1n) is 19.5. The standard InChI is InChI=1S/C39H75NO4/c1-5-8-11-13-14-17-21-29-37(44-39(42)33-36-28-24-25-32-40(36)4)30-22-18-15-16-19-23-31-38(41)43-34-35(26-10-7-3)27-20-12-9-6-2/h35-37H,5-34H2,1-4H3. The lowest BCUT2D eigenvalue weighted by Gasteiger charge is -2.32. The maximum absolute atomic E-state index is 12.9. The largest absolute Gasteiger partial charge is 0.465 e. The van der Waals surface area contributed by atoms with Crippen LogP contribution in [0.25, 0.3) is 0 Å². The average molecular weight is 622 g/mol. The maximum Gasteiger partial charge on any atom is 0.307 e. The van der Waals surface area contributed by atoms with Gasteiger partial charge in [-0.3, -0.25) is 9.59 Å². The molecular formula is C39H75NO4. The van der Waals surface area contributed by atoms with Crippen molar-refractivity contribution in [3.8, 4) is 0 Å². The molecule has 0 aromatic carbocycles. The van der Waals surface area contributed by atoms with Crippen molar-refractivity contribution in [2.24, 2.45) is 5.92 Å². The monoisotopic (exact) mass is 622 g/mol. The predicted octanol–water partition coefficient (Wildman–Crippen LogP) is 11.4. The molecule has 0 aromatic heterocycles. The highest BCUT2D eigenvalue weighted by Crippen LogP contribution is 2.22. The van der Waals surface area contributed by atoms with Crippen molar-refractivity contribution in [1.29, 1.82) is 0 Å². The number of unbranched alkanes of at least 4 members (excludes halogenated alkanes) is 15. The highest BCUT2D eigenvalue weighted by Gasteiger charge is 2.24. The molecule has 0 N–H and O–H groups in total. The molecule has 0 radical (unpaired) electrons. The molecule has 0 saturated carbocycles. The van der Waals surface area contributed by atoms with Gasteiger partial charge in [0.2, 0.25) is 0 Å². The molecule has 0 bridgehead atoms. The van der Waals surface area contributed by atoms with Crippen molar-refractivity contribution in [2.75, 3.05) is 20.2 Å². The zero-order chi connectivity index (χ0) is 32.1. The Morgan fingerprint density at radius 1 is 0.636 bits per heavy atom. The molecule has 5 nitrogen and oxygen atoms in total. The second-order valence-corrected chi connectivity index (χ2v) is 14.1. The van der Waals surface area contributed by atoms with Crippen molar-refractivity contribution in [1.82, 2.24) is 4.90 Å². The van der Waals surface area contributed by atoms with Gasteiger partial charge in [-0.2, -0.15) is 0 Å². The molecule has 1 aliphatic rings. The minimum Gasteiger partial charge on any atom is -0.465 e. The van der Waals surface area contributed by atoms with Gasteiger partial charge < -0.3 is 14.4 Å². The second kappa shape index (κ2) is 29.3. The molecule has 1 aliphatic heterocycles. The van der Waals surface area contributed by atoms with E-state index in [4.69, 9.17) is 9.47 Å². The van der Waals surface area contributed by atoms with E-state index in [1.165, 1.54) is 128 Å². The number of carbonyl (C=O) groups is 2. The van der Waals surface area contributed by atoms with Crippen molar-refractivity contribution < 1.29 is 19.1 Å². The van der Waals surface area contributed by atoms with Crippen LogP contribution in [0.5, 0.6) is 0 Å². The molecule has 0 aliphatic carbocycles. The predicted molar refractivity (Wildman–Crippen MR) is 187 cm³/mol. The van der Waals surface area contributed by atoms with E-state index in [1.54, 1.807) is 0 Å². The topological polar surface area (TPSA) is 55.8 Å². The normalized spacial score (nSPS) is 17.0. The Morgan fingerprint density at radius 3 is 1.77 bits per heavy atom. The molecule has 1 heterocycles. The molecule has 44 heavy (non-hydrogen) atoms. The zero-order valence-corrected chi connectivity index (χ0v) is 30.0. The number of likely N-dealkylation sites (tertiary alicyclic amines) is 1. The number of rotatable bonds is 30. The van der Waals surface area contributed by atoms with Crippen LogP contribution in [0.3, 0.4) is 0 Å². The minimum absolute atomic E-state index is 0.00509. The van der Waals surface area contributed by atoms with Crippen LogP contribution in [0.1, 0.15) is 201 Å². The summed E-state index contributed by atoms with van der Waals surface area (Å²) in [7, 11) is 2.15. The van der Waals surface area contributed by atoms with Crippen LogP contribution < -0.4 is 0 Å². The Bertz CT molecular complexity index is 669.